The third-order valence-corrected chi connectivity index (χ3v) is 6.83. The maximum Gasteiger partial charge on any atom is 0.307 e. The zero-order chi connectivity index (χ0) is 25.4. The number of hydrogen-bond acceptors (Lipinski definition) is 7. The highest BCUT2D eigenvalue weighted by atomic mass is 32.1. The van der Waals surface area contributed by atoms with E-state index in [2.05, 4.69) is 15.0 Å². The van der Waals surface area contributed by atoms with Gasteiger partial charge >= 0.3 is 4.87 Å². The van der Waals surface area contributed by atoms with Crippen LogP contribution >= 0.6 is 11.3 Å². The minimum absolute atomic E-state index is 0.0731. The molecular weight excluding hydrogens is 476 g/mol. The molecule has 0 aliphatic rings. The van der Waals surface area contributed by atoms with Crippen LogP contribution in [0.25, 0.3) is 11.0 Å². The first-order chi connectivity index (χ1) is 17.2. The number of aryl methyl sites for hydroxylation is 2. The Labute approximate surface area is 211 Å². The molecule has 184 valence electrons. The van der Waals surface area contributed by atoms with Crippen LogP contribution in [-0.4, -0.2) is 20.1 Å². The van der Waals surface area contributed by atoms with Crippen molar-refractivity contribution < 1.29 is 14.6 Å². The van der Waals surface area contributed by atoms with Crippen molar-refractivity contribution in [3.63, 3.8) is 0 Å². The summed E-state index contributed by atoms with van der Waals surface area (Å²) in [6.45, 7) is 5.86. The third kappa shape index (κ3) is 4.92. The molecule has 5 N–H and O–H groups in total. The summed E-state index contributed by atoms with van der Waals surface area (Å²) >= 11 is 1.01. The van der Waals surface area contributed by atoms with E-state index in [1.807, 2.05) is 75.4 Å². The molecule has 36 heavy (non-hydrogen) atoms. The summed E-state index contributed by atoms with van der Waals surface area (Å²) in [5, 5.41) is 9.78. The lowest BCUT2D eigenvalue weighted by molar-refractivity contribution is 0.218. The fraction of sp³-hybridized carbons (Fsp3) is 0.185. The molecule has 0 amide bonds. The third-order valence-electron chi connectivity index (χ3n) is 5.96. The van der Waals surface area contributed by atoms with Gasteiger partial charge in [-0.05, 0) is 73.9 Å². The molecule has 3 aromatic carbocycles. The van der Waals surface area contributed by atoms with E-state index in [1.165, 1.54) is 0 Å². The molecule has 2 aromatic heterocycles. The molecule has 5 aromatic rings. The molecular formula is C27H26N4O4S. The summed E-state index contributed by atoms with van der Waals surface area (Å²) in [4.78, 5) is 22.1. The monoisotopic (exact) mass is 502 g/mol. The summed E-state index contributed by atoms with van der Waals surface area (Å²) < 4.78 is 12.1. The summed E-state index contributed by atoms with van der Waals surface area (Å²) in [6.07, 6.45) is 0.156. The summed E-state index contributed by atoms with van der Waals surface area (Å²) in [5.74, 6) is 2.75. The van der Waals surface area contributed by atoms with Crippen LogP contribution in [0.15, 0.2) is 59.4 Å². The number of hydrogen-bond donors (Lipinski definition) is 4. The average molecular weight is 503 g/mol. The van der Waals surface area contributed by atoms with Gasteiger partial charge in [-0.25, -0.2) is 4.98 Å². The molecule has 1 unspecified atom stereocenters. The molecule has 8 nitrogen and oxygen atoms in total. The zero-order valence-electron chi connectivity index (χ0n) is 20.1. The summed E-state index contributed by atoms with van der Waals surface area (Å²) in [7, 11) is 0. The van der Waals surface area contributed by atoms with E-state index in [1.54, 1.807) is 0 Å². The van der Waals surface area contributed by atoms with Gasteiger partial charge in [-0.3, -0.25) is 9.78 Å². The second-order valence-corrected chi connectivity index (χ2v) is 9.81. The lowest BCUT2D eigenvalue weighted by Gasteiger charge is -2.12. The SMILES string of the molecule is Cc1cc(Oc2ccc3nc(C(C)Oc4ccc(Cc5sc(=O)[nH]c5O)cc4)[nH]c3c2)cc(C)c1N. The van der Waals surface area contributed by atoms with Crippen molar-refractivity contribution in [1.82, 2.24) is 15.0 Å². The second kappa shape index (κ2) is 9.43. The van der Waals surface area contributed by atoms with Crippen LogP contribution in [0.5, 0.6) is 23.1 Å². The number of nitrogens with two attached hydrogens (primary N) is 1. The number of nitrogens with zero attached hydrogens (tertiary/aromatic N) is 1. The topological polar surface area (TPSA) is 126 Å². The first-order valence-corrected chi connectivity index (χ1v) is 12.3. The van der Waals surface area contributed by atoms with Crippen molar-refractivity contribution in [2.75, 3.05) is 5.73 Å². The average Bonchev–Trinajstić information content (AvgIpc) is 3.40. The van der Waals surface area contributed by atoms with E-state index in [0.29, 0.717) is 28.6 Å². The van der Waals surface area contributed by atoms with Crippen LogP contribution in [0.1, 0.15) is 40.4 Å². The molecule has 0 saturated heterocycles. The number of nitrogens with one attached hydrogen (secondary N) is 2. The number of ether oxygens (including phenoxy) is 2. The van der Waals surface area contributed by atoms with Gasteiger partial charge in [-0.1, -0.05) is 23.5 Å². The number of fused-ring (bicyclic) bond motifs is 1. The predicted molar refractivity (Wildman–Crippen MR) is 141 cm³/mol. The van der Waals surface area contributed by atoms with Gasteiger partial charge in [-0.2, -0.15) is 0 Å². The molecule has 0 aliphatic carbocycles. The van der Waals surface area contributed by atoms with E-state index < -0.39 is 0 Å². The number of benzene rings is 3. The Hall–Kier alpha value is -4.24. The molecule has 5 rings (SSSR count). The van der Waals surface area contributed by atoms with Crippen molar-refractivity contribution in [2.24, 2.45) is 0 Å². The van der Waals surface area contributed by atoms with Crippen molar-refractivity contribution >= 4 is 28.1 Å². The second-order valence-electron chi connectivity index (χ2n) is 8.74. The highest BCUT2D eigenvalue weighted by molar-refractivity contribution is 7.09. The maximum atomic E-state index is 11.4. The minimum atomic E-state index is -0.311. The molecule has 9 heteroatoms. The molecule has 1 atom stereocenters. The predicted octanol–water partition coefficient (Wildman–Crippen LogP) is 5.74. The van der Waals surface area contributed by atoms with Gasteiger partial charge in [-0.15, -0.1) is 0 Å². The van der Waals surface area contributed by atoms with Crippen LogP contribution < -0.4 is 20.1 Å². The Bertz CT molecular complexity index is 1580. The van der Waals surface area contributed by atoms with E-state index in [0.717, 1.165) is 50.5 Å². The van der Waals surface area contributed by atoms with Gasteiger partial charge in [0.05, 0.1) is 15.9 Å². The Morgan fingerprint density at radius 1 is 1.00 bits per heavy atom. The van der Waals surface area contributed by atoms with E-state index in [9.17, 15) is 9.90 Å². The number of aromatic amines is 2. The van der Waals surface area contributed by atoms with E-state index in [-0.39, 0.29) is 16.9 Å². The van der Waals surface area contributed by atoms with Crippen LogP contribution in [-0.2, 0) is 6.42 Å². The van der Waals surface area contributed by atoms with Gasteiger partial charge in [0.25, 0.3) is 0 Å². The molecule has 0 saturated carbocycles. The Morgan fingerprint density at radius 2 is 1.69 bits per heavy atom. The summed E-state index contributed by atoms with van der Waals surface area (Å²) in [5.41, 5.74) is 11.4. The Kier molecular flexibility index (Phi) is 6.15. The number of nitrogen functional groups attached to an aromatic ring is 1. The molecule has 0 radical (unpaired) electrons. The lowest BCUT2D eigenvalue weighted by Crippen LogP contribution is -2.05. The first-order valence-electron chi connectivity index (χ1n) is 11.5. The van der Waals surface area contributed by atoms with Gasteiger partial charge in [0.2, 0.25) is 5.88 Å². The number of rotatable bonds is 7. The highest BCUT2D eigenvalue weighted by Crippen LogP contribution is 2.30. The number of thiazole rings is 1. The Morgan fingerprint density at radius 3 is 2.36 bits per heavy atom. The fourth-order valence-corrected chi connectivity index (χ4v) is 4.76. The van der Waals surface area contributed by atoms with Crippen molar-refractivity contribution in [3.8, 4) is 23.1 Å². The largest absolute Gasteiger partial charge is 0.494 e. The van der Waals surface area contributed by atoms with E-state index >= 15 is 0 Å². The van der Waals surface area contributed by atoms with Gasteiger partial charge in [0.15, 0.2) is 6.10 Å². The number of anilines is 1. The maximum absolute atomic E-state index is 11.4. The highest BCUT2D eigenvalue weighted by Gasteiger charge is 2.14. The van der Waals surface area contributed by atoms with Crippen LogP contribution in [0.3, 0.4) is 0 Å². The standard InChI is InChI=1S/C27H26N4O4S/c1-14-10-20(11-15(2)24(14)28)35-19-8-9-21-22(13-19)30-25(29-21)16(3)34-18-6-4-17(5-7-18)12-23-26(32)31-27(33)36-23/h4-11,13,16,32H,12,28H2,1-3H3,(H,29,30)(H,31,33). The Balaban J connectivity index is 1.27. The normalized spacial score (nSPS) is 12.1. The van der Waals surface area contributed by atoms with E-state index in [4.69, 9.17) is 15.2 Å². The van der Waals surface area contributed by atoms with Crippen LogP contribution in [0.4, 0.5) is 5.69 Å². The summed E-state index contributed by atoms with van der Waals surface area (Å²) in [6, 6.07) is 17.1. The minimum Gasteiger partial charge on any atom is -0.494 e. The van der Waals surface area contributed by atoms with Crippen molar-refractivity contribution in [1.29, 1.82) is 0 Å². The van der Waals surface area contributed by atoms with Gasteiger partial charge in [0, 0.05) is 18.2 Å². The number of aromatic nitrogens is 3. The van der Waals surface area contributed by atoms with Crippen molar-refractivity contribution in [2.45, 2.75) is 33.3 Å². The number of aromatic hydroxyl groups is 1. The number of imidazole rings is 1. The van der Waals surface area contributed by atoms with Crippen molar-refractivity contribution in [3.05, 3.63) is 91.7 Å². The quantitative estimate of drug-likeness (QED) is 0.210. The van der Waals surface area contributed by atoms with Crippen LogP contribution in [0, 0.1) is 13.8 Å². The smallest absolute Gasteiger partial charge is 0.307 e. The fourth-order valence-electron chi connectivity index (χ4n) is 4.00. The molecule has 2 heterocycles. The molecule has 0 fully saturated rings. The number of H-pyrrole nitrogens is 2. The molecule has 0 bridgehead atoms. The van der Waals surface area contributed by atoms with Gasteiger partial charge < -0.3 is 25.3 Å². The lowest BCUT2D eigenvalue weighted by atomic mass is 10.1. The van der Waals surface area contributed by atoms with Gasteiger partial charge in [0.1, 0.15) is 23.1 Å². The first kappa shape index (κ1) is 23.5. The molecule has 0 aliphatic heterocycles. The zero-order valence-corrected chi connectivity index (χ0v) is 20.9. The molecule has 0 spiro atoms. The van der Waals surface area contributed by atoms with Crippen LogP contribution in [0.2, 0.25) is 0 Å².